The Morgan fingerprint density at radius 3 is 2.73 bits per heavy atom. The van der Waals surface area contributed by atoms with E-state index in [4.69, 9.17) is 9.47 Å². The number of amides is 1. The summed E-state index contributed by atoms with van der Waals surface area (Å²) in [5.74, 6) is -0.314. The van der Waals surface area contributed by atoms with Crippen LogP contribution >= 0.6 is 0 Å². The zero-order valence-electron chi connectivity index (χ0n) is 14.7. The maximum atomic E-state index is 12.7. The van der Waals surface area contributed by atoms with Crippen LogP contribution in [-0.2, 0) is 11.3 Å². The summed E-state index contributed by atoms with van der Waals surface area (Å²) in [6, 6.07) is 10.8. The summed E-state index contributed by atoms with van der Waals surface area (Å²) in [6.45, 7) is 2.89. The number of hydrogen-bond donors (Lipinski definition) is 2. The van der Waals surface area contributed by atoms with Crippen LogP contribution in [0.25, 0.3) is 0 Å². The van der Waals surface area contributed by atoms with E-state index < -0.39 is 5.92 Å². The molecule has 1 aliphatic rings. The third-order valence-corrected chi connectivity index (χ3v) is 4.15. The van der Waals surface area contributed by atoms with Crippen LogP contribution in [0, 0.1) is 5.92 Å². The fourth-order valence-electron chi connectivity index (χ4n) is 2.74. The lowest BCUT2D eigenvalue weighted by Gasteiger charge is -2.23. The summed E-state index contributed by atoms with van der Waals surface area (Å²) in [5.41, 5.74) is 1.79. The van der Waals surface area contributed by atoms with Gasteiger partial charge in [-0.05, 0) is 30.7 Å². The number of pyridine rings is 1. The van der Waals surface area contributed by atoms with Crippen molar-refractivity contribution < 1.29 is 19.1 Å². The van der Waals surface area contributed by atoms with E-state index in [-0.39, 0.29) is 23.9 Å². The summed E-state index contributed by atoms with van der Waals surface area (Å²) in [4.78, 5) is 29.4. The van der Waals surface area contributed by atoms with Gasteiger partial charge >= 0.3 is 0 Å². The van der Waals surface area contributed by atoms with Gasteiger partial charge in [0.05, 0.1) is 19.4 Å². The van der Waals surface area contributed by atoms with Crippen molar-refractivity contribution in [1.29, 1.82) is 0 Å². The predicted octanol–water partition coefficient (Wildman–Crippen LogP) is 2.03. The molecule has 0 saturated heterocycles. The number of ketones is 1. The van der Waals surface area contributed by atoms with Crippen LogP contribution < -0.4 is 20.1 Å². The van der Waals surface area contributed by atoms with E-state index in [0.717, 1.165) is 11.3 Å². The maximum absolute atomic E-state index is 12.7. The summed E-state index contributed by atoms with van der Waals surface area (Å²) < 4.78 is 10.4. The number of benzene rings is 1. The molecule has 0 bridgehead atoms. The number of carbonyl (C=O) groups is 2. The number of nitrogens with one attached hydrogen (secondary N) is 2. The van der Waals surface area contributed by atoms with Crippen LogP contribution in [0.5, 0.6) is 11.6 Å². The third kappa shape index (κ3) is 3.77. The summed E-state index contributed by atoms with van der Waals surface area (Å²) in [6.07, 6.45) is 0. The largest absolute Gasteiger partial charge is 0.497 e. The van der Waals surface area contributed by atoms with E-state index in [9.17, 15) is 9.59 Å². The molecule has 2 N–H and O–H groups in total. The minimum Gasteiger partial charge on any atom is -0.497 e. The van der Waals surface area contributed by atoms with E-state index in [1.54, 1.807) is 19.2 Å². The molecule has 1 unspecified atom stereocenters. The molecule has 1 aliphatic heterocycles. The highest BCUT2D eigenvalue weighted by Gasteiger charge is 2.34. The van der Waals surface area contributed by atoms with Gasteiger partial charge in [-0.1, -0.05) is 12.1 Å². The van der Waals surface area contributed by atoms with Gasteiger partial charge in [0.15, 0.2) is 5.78 Å². The molecule has 0 radical (unpaired) electrons. The summed E-state index contributed by atoms with van der Waals surface area (Å²) in [7, 11) is 1.60. The van der Waals surface area contributed by atoms with Crippen LogP contribution in [0.3, 0.4) is 0 Å². The van der Waals surface area contributed by atoms with Gasteiger partial charge in [0, 0.05) is 19.2 Å². The lowest BCUT2D eigenvalue weighted by molar-refractivity contribution is -0.123. The Kier molecular flexibility index (Phi) is 5.36. The summed E-state index contributed by atoms with van der Waals surface area (Å²) in [5, 5.41) is 5.90. The lowest BCUT2D eigenvalue weighted by Crippen LogP contribution is -2.42. The second-order valence-electron chi connectivity index (χ2n) is 5.84. The highest BCUT2D eigenvalue weighted by Crippen LogP contribution is 2.25. The fraction of sp³-hybridized carbons (Fsp3) is 0.316. The van der Waals surface area contributed by atoms with Crippen molar-refractivity contribution in [2.45, 2.75) is 13.5 Å². The number of aromatic nitrogens is 1. The molecule has 7 nitrogen and oxygen atoms in total. The smallest absolute Gasteiger partial charge is 0.233 e. The SMILES string of the molecule is CCOc1ccc2c(n1)C(=O)C(C(=O)NCc1ccc(OC)cc1)CN2. The average molecular weight is 355 g/mol. The van der Waals surface area contributed by atoms with Crippen molar-refractivity contribution >= 4 is 17.4 Å². The normalized spacial score (nSPS) is 15.6. The van der Waals surface area contributed by atoms with Crippen molar-refractivity contribution in [1.82, 2.24) is 10.3 Å². The van der Waals surface area contributed by atoms with Gasteiger partial charge in [-0.15, -0.1) is 0 Å². The first-order valence-corrected chi connectivity index (χ1v) is 8.45. The minimum absolute atomic E-state index is 0.242. The first-order valence-electron chi connectivity index (χ1n) is 8.45. The number of carbonyl (C=O) groups excluding carboxylic acids is 2. The predicted molar refractivity (Wildman–Crippen MR) is 96.6 cm³/mol. The summed E-state index contributed by atoms with van der Waals surface area (Å²) >= 11 is 0. The Balaban J connectivity index is 1.66. The van der Waals surface area contributed by atoms with Crippen molar-refractivity contribution in [2.24, 2.45) is 5.92 Å². The van der Waals surface area contributed by atoms with E-state index in [0.29, 0.717) is 24.7 Å². The Bertz CT molecular complexity index is 805. The molecule has 136 valence electrons. The van der Waals surface area contributed by atoms with Gasteiger partial charge in [-0.3, -0.25) is 9.59 Å². The van der Waals surface area contributed by atoms with Crippen molar-refractivity contribution in [3.8, 4) is 11.6 Å². The molecule has 7 heteroatoms. The molecule has 0 fully saturated rings. The van der Waals surface area contributed by atoms with Crippen molar-refractivity contribution in [3.63, 3.8) is 0 Å². The average Bonchev–Trinajstić information content (AvgIpc) is 2.67. The van der Waals surface area contributed by atoms with Crippen LogP contribution in [0.1, 0.15) is 23.0 Å². The molecule has 0 spiro atoms. The molecule has 1 atom stereocenters. The first kappa shape index (κ1) is 17.7. The molecule has 1 amide bonds. The molecule has 26 heavy (non-hydrogen) atoms. The fourth-order valence-corrected chi connectivity index (χ4v) is 2.74. The quantitative estimate of drug-likeness (QED) is 0.771. The Morgan fingerprint density at radius 1 is 1.27 bits per heavy atom. The zero-order chi connectivity index (χ0) is 18.5. The van der Waals surface area contributed by atoms with Crippen LogP contribution in [0.15, 0.2) is 36.4 Å². The number of ether oxygens (including phenoxy) is 2. The van der Waals surface area contributed by atoms with Gasteiger partial charge < -0.3 is 20.1 Å². The van der Waals surface area contributed by atoms with Gasteiger partial charge in [-0.2, -0.15) is 0 Å². The topological polar surface area (TPSA) is 89.5 Å². The molecule has 1 aromatic carbocycles. The molecule has 3 rings (SSSR count). The van der Waals surface area contributed by atoms with Crippen molar-refractivity contribution in [2.75, 3.05) is 25.6 Å². The monoisotopic (exact) mass is 355 g/mol. The molecular formula is C19H21N3O4. The number of anilines is 1. The van der Waals surface area contributed by atoms with Crippen LogP contribution in [0.2, 0.25) is 0 Å². The highest BCUT2D eigenvalue weighted by atomic mass is 16.5. The molecule has 0 aliphatic carbocycles. The third-order valence-electron chi connectivity index (χ3n) is 4.15. The number of nitrogens with zero attached hydrogens (tertiary/aromatic N) is 1. The number of fused-ring (bicyclic) bond motifs is 1. The Hall–Kier alpha value is -3.09. The van der Waals surface area contributed by atoms with Crippen molar-refractivity contribution in [3.05, 3.63) is 47.7 Å². The lowest BCUT2D eigenvalue weighted by atomic mass is 9.95. The standard InChI is InChI=1S/C19H21N3O4/c1-3-26-16-9-8-15-17(22-16)18(23)14(11-20-15)19(24)21-10-12-4-6-13(25-2)7-5-12/h4-9,14,20H,3,10-11H2,1-2H3,(H,21,24). The number of hydrogen-bond acceptors (Lipinski definition) is 6. The van der Waals surface area contributed by atoms with Crippen LogP contribution in [-0.4, -0.2) is 36.9 Å². The number of Topliss-reactive ketones (excluding diaryl/α,β-unsaturated/α-hetero) is 1. The minimum atomic E-state index is -0.815. The molecule has 0 saturated carbocycles. The van der Waals surface area contributed by atoms with E-state index in [2.05, 4.69) is 15.6 Å². The van der Waals surface area contributed by atoms with E-state index >= 15 is 0 Å². The van der Waals surface area contributed by atoms with E-state index in [1.165, 1.54) is 0 Å². The van der Waals surface area contributed by atoms with Gasteiger partial charge in [0.1, 0.15) is 17.4 Å². The highest BCUT2D eigenvalue weighted by molar-refractivity contribution is 6.13. The van der Waals surface area contributed by atoms with Gasteiger partial charge in [-0.25, -0.2) is 4.98 Å². The Morgan fingerprint density at radius 2 is 2.04 bits per heavy atom. The molecule has 2 heterocycles. The maximum Gasteiger partial charge on any atom is 0.233 e. The zero-order valence-corrected chi connectivity index (χ0v) is 14.7. The molecule has 2 aromatic rings. The first-order chi connectivity index (χ1) is 12.6. The van der Waals surface area contributed by atoms with E-state index in [1.807, 2.05) is 31.2 Å². The second kappa shape index (κ2) is 7.86. The number of rotatable bonds is 6. The second-order valence-corrected chi connectivity index (χ2v) is 5.84. The van der Waals surface area contributed by atoms with Gasteiger partial charge in [0.25, 0.3) is 0 Å². The Labute approximate surface area is 151 Å². The van der Waals surface area contributed by atoms with Gasteiger partial charge in [0.2, 0.25) is 11.8 Å². The number of methoxy groups -OCH3 is 1. The molecule has 1 aromatic heterocycles. The van der Waals surface area contributed by atoms with Crippen LogP contribution in [0.4, 0.5) is 5.69 Å². The molecular weight excluding hydrogens is 334 g/mol.